The summed E-state index contributed by atoms with van der Waals surface area (Å²) < 4.78 is 0.924. The lowest BCUT2D eigenvalue weighted by molar-refractivity contribution is 0.0785. The number of aryl methyl sites for hydroxylation is 1. The van der Waals surface area contributed by atoms with Crippen LogP contribution in [0.15, 0.2) is 47.2 Å². The zero-order valence-electron chi connectivity index (χ0n) is 10.9. The van der Waals surface area contributed by atoms with Crippen LogP contribution in [0.2, 0.25) is 0 Å². The number of aromatic nitrogens is 1. The van der Waals surface area contributed by atoms with Crippen LogP contribution in [0.1, 0.15) is 21.5 Å². The van der Waals surface area contributed by atoms with Crippen molar-refractivity contribution in [3.05, 3.63) is 63.9 Å². The molecule has 1 heterocycles. The molecule has 0 saturated heterocycles. The molecule has 19 heavy (non-hydrogen) atoms. The van der Waals surface area contributed by atoms with Gasteiger partial charge in [0.15, 0.2) is 0 Å². The van der Waals surface area contributed by atoms with Crippen LogP contribution in [0.25, 0.3) is 0 Å². The van der Waals surface area contributed by atoms with E-state index in [0.717, 1.165) is 15.6 Å². The maximum atomic E-state index is 12.3. The third-order valence-electron chi connectivity index (χ3n) is 2.80. The standard InChI is InChI=1S/C15H15BrN2O/c1-11-7-13(9-14(16)8-11)15(19)18(2)10-12-3-5-17-6-4-12/h3-9H,10H2,1-2H3. The van der Waals surface area contributed by atoms with Crippen molar-refractivity contribution in [2.24, 2.45) is 0 Å². The van der Waals surface area contributed by atoms with Crippen molar-refractivity contribution in [1.82, 2.24) is 9.88 Å². The van der Waals surface area contributed by atoms with Crippen molar-refractivity contribution < 1.29 is 4.79 Å². The van der Waals surface area contributed by atoms with E-state index in [1.54, 1.807) is 24.3 Å². The molecule has 0 fully saturated rings. The molecule has 0 N–H and O–H groups in total. The summed E-state index contributed by atoms with van der Waals surface area (Å²) in [5.74, 6) is 0.0150. The van der Waals surface area contributed by atoms with Gasteiger partial charge in [0.2, 0.25) is 0 Å². The smallest absolute Gasteiger partial charge is 0.253 e. The SMILES string of the molecule is Cc1cc(Br)cc(C(=O)N(C)Cc2ccncc2)c1. The van der Waals surface area contributed by atoms with Gasteiger partial charge >= 0.3 is 0 Å². The van der Waals surface area contributed by atoms with E-state index in [2.05, 4.69) is 20.9 Å². The predicted molar refractivity (Wildman–Crippen MR) is 78.9 cm³/mol. The van der Waals surface area contributed by atoms with Gasteiger partial charge < -0.3 is 4.90 Å². The minimum atomic E-state index is 0.0150. The van der Waals surface area contributed by atoms with Gasteiger partial charge in [0.05, 0.1) is 0 Å². The van der Waals surface area contributed by atoms with Gasteiger partial charge in [-0.2, -0.15) is 0 Å². The zero-order chi connectivity index (χ0) is 13.8. The normalized spacial score (nSPS) is 10.3. The Morgan fingerprint density at radius 1 is 1.26 bits per heavy atom. The molecule has 98 valence electrons. The Bertz CT molecular complexity index is 564. The number of carbonyl (C=O) groups excluding carboxylic acids is 1. The first kappa shape index (κ1) is 13.7. The van der Waals surface area contributed by atoms with E-state index in [0.29, 0.717) is 12.1 Å². The Labute approximate surface area is 121 Å². The molecular formula is C15H15BrN2O. The lowest BCUT2D eigenvalue weighted by Gasteiger charge is -2.17. The van der Waals surface area contributed by atoms with Crippen molar-refractivity contribution in [2.75, 3.05) is 7.05 Å². The van der Waals surface area contributed by atoms with E-state index in [-0.39, 0.29) is 5.91 Å². The lowest BCUT2D eigenvalue weighted by atomic mass is 10.1. The summed E-state index contributed by atoms with van der Waals surface area (Å²) in [4.78, 5) is 18.0. The zero-order valence-corrected chi connectivity index (χ0v) is 12.5. The third kappa shape index (κ3) is 3.64. The monoisotopic (exact) mass is 318 g/mol. The topological polar surface area (TPSA) is 33.2 Å². The average molecular weight is 319 g/mol. The second-order valence-corrected chi connectivity index (χ2v) is 5.45. The fraction of sp³-hybridized carbons (Fsp3) is 0.200. The van der Waals surface area contributed by atoms with Gasteiger partial charge in [0.25, 0.3) is 5.91 Å². The molecule has 3 nitrogen and oxygen atoms in total. The van der Waals surface area contributed by atoms with Gasteiger partial charge in [-0.3, -0.25) is 9.78 Å². The van der Waals surface area contributed by atoms with Crippen molar-refractivity contribution in [3.8, 4) is 0 Å². The fourth-order valence-corrected chi connectivity index (χ4v) is 2.52. The molecule has 1 aromatic heterocycles. The summed E-state index contributed by atoms with van der Waals surface area (Å²) in [6, 6.07) is 9.56. The van der Waals surface area contributed by atoms with Gasteiger partial charge in [-0.1, -0.05) is 15.9 Å². The molecule has 4 heteroatoms. The Hall–Kier alpha value is -1.68. The molecule has 0 radical (unpaired) electrons. The highest BCUT2D eigenvalue weighted by Crippen LogP contribution is 2.17. The van der Waals surface area contributed by atoms with E-state index in [4.69, 9.17) is 0 Å². The highest BCUT2D eigenvalue weighted by Gasteiger charge is 2.12. The first-order valence-electron chi connectivity index (χ1n) is 5.98. The molecule has 0 atom stereocenters. The number of nitrogens with zero attached hydrogens (tertiary/aromatic N) is 2. The van der Waals surface area contributed by atoms with Crippen molar-refractivity contribution in [2.45, 2.75) is 13.5 Å². The number of hydrogen-bond donors (Lipinski definition) is 0. The molecule has 0 unspecified atom stereocenters. The van der Waals surface area contributed by atoms with Gasteiger partial charge in [-0.25, -0.2) is 0 Å². The quantitative estimate of drug-likeness (QED) is 0.868. The second kappa shape index (κ2) is 5.97. The molecule has 1 aromatic carbocycles. The minimum absolute atomic E-state index is 0.0150. The first-order chi connectivity index (χ1) is 9.06. The van der Waals surface area contributed by atoms with Gasteiger partial charge in [0, 0.05) is 36.0 Å². The molecule has 2 aromatic rings. The molecule has 1 amide bonds. The van der Waals surface area contributed by atoms with Crippen molar-refractivity contribution >= 4 is 21.8 Å². The van der Waals surface area contributed by atoms with Crippen LogP contribution in [0, 0.1) is 6.92 Å². The number of benzene rings is 1. The number of carbonyl (C=O) groups is 1. The van der Waals surface area contributed by atoms with E-state index in [1.165, 1.54) is 0 Å². The second-order valence-electron chi connectivity index (χ2n) is 4.53. The number of rotatable bonds is 3. The first-order valence-corrected chi connectivity index (χ1v) is 6.77. The fourth-order valence-electron chi connectivity index (χ4n) is 1.91. The molecule has 0 aliphatic carbocycles. The van der Waals surface area contributed by atoms with Crippen LogP contribution in [0.4, 0.5) is 0 Å². The van der Waals surface area contributed by atoms with Crippen molar-refractivity contribution in [1.29, 1.82) is 0 Å². The third-order valence-corrected chi connectivity index (χ3v) is 3.26. The highest BCUT2D eigenvalue weighted by atomic mass is 79.9. The molecule has 0 saturated carbocycles. The van der Waals surface area contributed by atoms with E-state index >= 15 is 0 Å². The van der Waals surface area contributed by atoms with Crippen molar-refractivity contribution in [3.63, 3.8) is 0 Å². The molecule has 0 spiro atoms. The molecular weight excluding hydrogens is 304 g/mol. The van der Waals surface area contributed by atoms with Crippen LogP contribution >= 0.6 is 15.9 Å². The molecule has 0 bridgehead atoms. The highest BCUT2D eigenvalue weighted by molar-refractivity contribution is 9.10. The summed E-state index contributed by atoms with van der Waals surface area (Å²) in [7, 11) is 1.80. The van der Waals surface area contributed by atoms with E-state index < -0.39 is 0 Å². The van der Waals surface area contributed by atoms with E-state index in [9.17, 15) is 4.79 Å². The number of hydrogen-bond acceptors (Lipinski definition) is 2. The maximum Gasteiger partial charge on any atom is 0.253 e. The van der Waals surface area contributed by atoms with Crippen LogP contribution in [0.3, 0.4) is 0 Å². The number of pyridine rings is 1. The van der Waals surface area contributed by atoms with Gasteiger partial charge in [-0.15, -0.1) is 0 Å². The lowest BCUT2D eigenvalue weighted by Crippen LogP contribution is -2.26. The summed E-state index contributed by atoms with van der Waals surface area (Å²) in [5.41, 5.74) is 2.83. The maximum absolute atomic E-state index is 12.3. The summed E-state index contributed by atoms with van der Waals surface area (Å²) in [5, 5.41) is 0. The Morgan fingerprint density at radius 2 is 1.95 bits per heavy atom. The van der Waals surface area contributed by atoms with Gasteiger partial charge in [0.1, 0.15) is 0 Å². The minimum Gasteiger partial charge on any atom is -0.337 e. The van der Waals surface area contributed by atoms with Crippen LogP contribution in [0.5, 0.6) is 0 Å². The Kier molecular flexibility index (Phi) is 4.32. The molecule has 0 aliphatic heterocycles. The molecule has 2 rings (SSSR count). The number of amides is 1. The predicted octanol–water partition coefficient (Wildman–Crippen LogP) is 3.42. The molecule has 0 aliphatic rings. The van der Waals surface area contributed by atoms with Crippen LogP contribution in [-0.4, -0.2) is 22.8 Å². The van der Waals surface area contributed by atoms with Crippen LogP contribution < -0.4 is 0 Å². The Balaban J connectivity index is 2.15. The van der Waals surface area contributed by atoms with E-state index in [1.807, 2.05) is 37.3 Å². The average Bonchev–Trinajstić information content (AvgIpc) is 2.37. The van der Waals surface area contributed by atoms with Gasteiger partial charge in [-0.05, 0) is 48.4 Å². The van der Waals surface area contributed by atoms with Crippen LogP contribution in [-0.2, 0) is 6.54 Å². The largest absolute Gasteiger partial charge is 0.337 e. The summed E-state index contributed by atoms with van der Waals surface area (Å²) in [6.45, 7) is 2.55. The summed E-state index contributed by atoms with van der Waals surface area (Å²) >= 11 is 3.42. The summed E-state index contributed by atoms with van der Waals surface area (Å²) in [6.07, 6.45) is 3.47. The Morgan fingerprint density at radius 3 is 2.58 bits per heavy atom. The number of halogens is 1.